The molecular formula is C16H17F2N5O2. The molecule has 1 amide bonds. The zero-order chi connectivity index (χ0) is 18.4. The van der Waals surface area contributed by atoms with Crippen LogP contribution in [0.1, 0.15) is 16.7 Å². The lowest BCUT2D eigenvalue weighted by Crippen LogP contribution is -2.41. The number of carbonyl (C=O) groups is 1. The number of rotatable bonds is 4. The number of nitrogens with zero attached hydrogens (tertiary/aromatic N) is 4. The average molecular weight is 349 g/mol. The molecule has 1 aromatic heterocycles. The third-order valence-electron chi connectivity index (χ3n) is 4.17. The summed E-state index contributed by atoms with van der Waals surface area (Å²) in [6.07, 6.45) is 3.21. The number of carbonyl (C=O) groups excluding carboxylic acids is 1. The van der Waals surface area contributed by atoms with Crippen LogP contribution in [0.5, 0.6) is 5.75 Å². The predicted molar refractivity (Wildman–Crippen MR) is 86.2 cm³/mol. The largest absolute Gasteiger partial charge is 0.435 e. The standard InChI is InChI=1S/C16H17F2N5O2/c1-9-6-10(4-5-12(9)25-14(17)18)16(11-7-20-22(2)8-11)13(24)23(3)15(19)21-16/h4-8,14H,1-3H3,(H2,19,21). The first kappa shape index (κ1) is 16.9. The molecule has 3 rings (SSSR count). The van der Waals surface area contributed by atoms with Gasteiger partial charge < -0.3 is 10.5 Å². The van der Waals surface area contributed by atoms with Crippen molar-refractivity contribution >= 4 is 11.9 Å². The van der Waals surface area contributed by atoms with Gasteiger partial charge in [-0.3, -0.25) is 14.4 Å². The Balaban J connectivity index is 2.17. The van der Waals surface area contributed by atoms with Crippen LogP contribution in [0, 0.1) is 6.92 Å². The van der Waals surface area contributed by atoms with Gasteiger partial charge in [0, 0.05) is 25.9 Å². The van der Waals surface area contributed by atoms with Gasteiger partial charge in [0.15, 0.2) is 11.5 Å². The van der Waals surface area contributed by atoms with Crippen molar-refractivity contribution < 1.29 is 18.3 Å². The number of aryl methyl sites for hydroxylation is 2. The molecule has 0 saturated heterocycles. The first-order valence-electron chi connectivity index (χ1n) is 7.44. The van der Waals surface area contributed by atoms with Crippen LogP contribution in [0.3, 0.4) is 0 Å². The van der Waals surface area contributed by atoms with Gasteiger partial charge in [0.2, 0.25) is 0 Å². The van der Waals surface area contributed by atoms with Gasteiger partial charge in [-0.1, -0.05) is 6.07 Å². The van der Waals surface area contributed by atoms with Gasteiger partial charge in [0.05, 0.1) is 6.20 Å². The topological polar surface area (TPSA) is 85.7 Å². The molecule has 7 nitrogen and oxygen atoms in total. The van der Waals surface area contributed by atoms with Gasteiger partial charge in [-0.05, 0) is 30.2 Å². The van der Waals surface area contributed by atoms with Gasteiger partial charge in [-0.2, -0.15) is 13.9 Å². The number of nitrogens with two attached hydrogens (primary N) is 1. The van der Waals surface area contributed by atoms with Gasteiger partial charge in [-0.15, -0.1) is 0 Å². The van der Waals surface area contributed by atoms with Gasteiger partial charge in [0.25, 0.3) is 5.91 Å². The van der Waals surface area contributed by atoms with E-state index in [1.54, 1.807) is 30.9 Å². The second kappa shape index (κ2) is 5.83. The molecule has 2 aromatic rings. The summed E-state index contributed by atoms with van der Waals surface area (Å²) in [4.78, 5) is 18.6. The summed E-state index contributed by atoms with van der Waals surface area (Å²) in [5.74, 6) is -0.241. The highest BCUT2D eigenvalue weighted by atomic mass is 19.3. The lowest BCUT2D eigenvalue weighted by atomic mass is 9.84. The molecule has 0 fully saturated rings. The Hall–Kier alpha value is -2.97. The zero-order valence-electron chi connectivity index (χ0n) is 13.9. The minimum atomic E-state index is -2.93. The lowest BCUT2D eigenvalue weighted by molar-refractivity contribution is -0.129. The molecule has 2 N–H and O–H groups in total. The number of hydrogen-bond acceptors (Lipinski definition) is 5. The first-order chi connectivity index (χ1) is 11.8. The number of benzene rings is 1. The van der Waals surface area contributed by atoms with E-state index in [1.165, 1.54) is 30.3 Å². The summed E-state index contributed by atoms with van der Waals surface area (Å²) in [6, 6.07) is 4.52. The van der Waals surface area contributed by atoms with Crippen LogP contribution in [-0.4, -0.2) is 40.2 Å². The molecular weight excluding hydrogens is 332 g/mol. The van der Waals surface area contributed by atoms with Crippen LogP contribution in [0.4, 0.5) is 8.78 Å². The van der Waals surface area contributed by atoms with E-state index in [1.807, 2.05) is 0 Å². The van der Waals surface area contributed by atoms with Crippen LogP contribution >= 0.6 is 0 Å². The highest BCUT2D eigenvalue weighted by molar-refractivity contribution is 6.08. The fourth-order valence-electron chi connectivity index (χ4n) is 2.89. The third kappa shape index (κ3) is 2.61. The number of likely N-dealkylation sites (N-methyl/N-ethyl adjacent to an activating group) is 1. The highest BCUT2D eigenvalue weighted by Crippen LogP contribution is 2.40. The molecule has 0 bridgehead atoms. The molecule has 1 aliphatic heterocycles. The number of amides is 1. The summed E-state index contributed by atoms with van der Waals surface area (Å²) in [7, 11) is 3.25. The number of halogens is 2. The summed E-state index contributed by atoms with van der Waals surface area (Å²) in [6.45, 7) is -1.31. The van der Waals surface area contributed by atoms with Crippen molar-refractivity contribution in [3.63, 3.8) is 0 Å². The van der Waals surface area contributed by atoms with Crippen LogP contribution in [0.2, 0.25) is 0 Å². The van der Waals surface area contributed by atoms with Crippen molar-refractivity contribution in [2.24, 2.45) is 17.8 Å². The molecule has 132 valence electrons. The fourth-order valence-corrected chi connectivity index (χ4v) is 2.89. The minimum Gasteiger partial charge on any atom is -0.435 e. The molecule has 9 heteroatoms. The van der Waals surface area contributed by atoms with E-state index in [-0.39, 0.29) is 17.6 Å². The fraction of sp³-hybridized carbons (Fsp3) is 0.312. The quantitative estimate of drug-likeness (QED) is 0.903. The second-order valence-corrected chi connectivity index (χ2v) is 5.81. The molecule has 0 spiro atoms. The zero-order valence-corrected chi connectivity index (χ0v) is 13.9. The second-order valence-electron chi connectivity index (χ2n) is 5.81. The summed E-state index contributed by atoms with van der Waals surface area (Å²) >= 11 is 0. The number of ether oxygens (including phenoxy) is 1. The third-order valence-corrected chi connectivity index (χ3v) is 4.17. The monoisotopic (exact) mass is 349 g/mol. The van der Waals surface area contributed by atoms with E-state index < -0.39 is 12.2 Å². The first-order valence-corrected chi connectivity index (χ1v) is 7.44. The van der Waals surface area contributed by atoms with Crippen molar-refractivity contribution in [1.82, 2.24) is 14.7 Å². The van der Waals surface area contributed by atoms with Crippen molar-refractivity contribution in [3.8, 4) is 5.75 Å². The highest BCUT2D eigenvalue weighted by Gasteiger charge is 2.50. The van der Waals surface area contributed by atoms with Crippen molar-refractivity contribution in [2.45, 2.75) is 19.1 Å². The summed E-state index contributed by atoms with van der Waals surface area (Å²) < 4.78 is 31.0. The van der Waals surface area contributed by atoms with Crippen molar-refractivity contribution in [2.75, 3.05) is 7.05 Å². The van der Waals surface area contributed by atoms with E-state index in [0.29, 0.717) is 16.7 Å². The lowest BCUT2D eigenvalue weighted by Gasteiger charge is -2.25. The normalized spacial score (nSPS) is 20.3. The molecule has 0 saturated carbocycles. The van der Waals surface area contributed by atoms with E-state index in [0.717, 1.165) is 0 Å². The maximum atomic E-state index is 13.0. The molecule has 2 heterocycles. The van der Waals surface area contributed by atoms with Crippen LogP contribution in [-0.2, 0) is 17.4 Å². The summed E-state index contributed by atoms with van der Waals surface area (Å²) in [5, 5.41) is 4.11. The smallest absolute Gasteiger partial charge is 0.387 e. The maximum absolute atomic E-state index is 13.0. The molecule has 1 aliphatic rings. The number of guanidine groups is 1. The Morgan fingerprint density at radius 2 is 2.00 bits per heavy atom. The van der Waals surface area contributed by atoms with Crippen LogP contribution in [0.25, 0.3) is 0 Å². The van der Waals surface area contributed by atoms with Gasteiger partial charge in [0.1, 0.15) is 5.75 Å². The number of aliphatic imine (C=N–C) groups is 1. The summed E-state index contributed by atoms with van der Waals surface area (Å²) in [5.41, 5.74) is 5.95. The molecule has 0 radical (unpaired) electrons. The van der Waals surface area contributed by atoms with Gasteiger partial charge >= 0.3 is 6.61 Å². The minimum absolute atomic E-state index is 0.0378. The SMILES string of the molecule is Cc1cc(C2(c3cnn(C)c3)N=C(N)N(C)C2=O)ccc1OC(F)F. The van der Waals surface area contributed by atoms with Crippen molar-refractivity contribution in [3.05, 3.63) is 47.3 Å². The Morgan fingerprint density at radius 3 is 2.48 bits per heavy atom. The molecule has 1 aromatic carbocycles. The Bertz CT molecular complexity index is 864. The predicted octanol–water partition coefficient (Wildman–Crippen LogP) is 1.36. The number of hydrogen-bond donors (Lipinski definition) is 1. The molecule has 1 unspecified atom stereocenters. The van der Waals surface area contributed by atoms with Crippen LogP contribution in [0.15, 0.2) is 35.6 Å². The average Bonchev–Trinajstić information content (AvgIpc) is 3.07. The molecule has 1 atom stereocenters. The Morgan fingerprint density at radius 1 is 1.28 bits per heavy atom. The Labute approximate surface area is 142 Å². The van der Waals surface area contributed by atoms with Crippen LogP contribution < -0.4 is 10.5 Å². The van der Waals surface area contributed by atoms with E-state index in [4.69, 9.17) is 5.73 Å². The number of aromatic nitrogens is 2. The van der Waals surface area contributed by atoms with Gasteiger partial charge in [-0.25, -0.2) is 4.99 Å². The molecule has 25 heavy (non-hydrogen) atoms. The maximum Gasteiger partial charge on any atom is 0.387 e. The van der Waals surface area contributed by atoms with E-state index in [9.17, 15) is 13.6 Å². The molecule has 0 aliphatic carbocycles. The van der Waals surface area contributed by atoms with Crippen molar-refractivity contribution in [1.29, 1.82) is 0 Å². The van der Waals surface area contributed by atoms with E-state index in [2.05, 4.69) is 14.8 Å². The van der Waals surface area contributed by atoms with E-state index >= 15 is 0 Å². The number of alkyl halides is 2. The Kier molecular flexibility index (Phi) is 3.94.